The van der Waals surface area contributed by atoms with E-state index in [1.54, 1.807) is 4.90 Å². The summed E-state index contributed by atoms with van der Waals surface area (Å²) in [4.78, 5) is 31.0. The Hall–Kier alpha value is -2.52. The Morgan fingerprint density at radius 1 is 0.974 bits per heavy atom. The average molecular weight is 539 g/mol. The lowest BCUT2D eigenvalue weighted by Gasteiger charge is -2.46. The topological polar surface area (TPSA) is 68.3 Å². The number of imide groups is 1. The van der Waals surface area contributed by atoms with E-state index in [2.05, 4.69) is 33.9 Å². The largest absolute Gasteiger partial charge is 0.410 e. The number of carbonyl (C=O) groups is 2. The molecule has 2 aromatic carbocycles. The normalized spacial score (nSPS) is 23.1. The fourth-order valence-electron chi connectivity index (χ4n) is 4.76. The van der Waals surface area contributed by atoms with Crippen LogP contribution in [0.1, 0.15) is 45.7 Å². The van der Waals surface area contributed by atoms with Gasteiger partial charge in [-0.1, -0.05) is 81.4 Å². The molecule has 0 bridgehead atoms. The van der Waals surface area contributed by atoms with Crippen molar-refractivity contribution < 1.29 is 23.5 Å². The van der Waals surface area contributed by atoms with Crippen LogP contribution in [0.15, 0.2) is 60.7 Å². The Labute approximate surface area is 228 Å². The Morgan fingerprint density at radius 3 is 2.03 bits per heavy atom. The van der Waals surface area contributed by atoms with Gasteiger partial charge in [-0.3, -0.25) is 9.69 Å². The number of nitrogens with zero attached hydrogens (tertiary/aromatic N) is 2. The quantitative estimate of drug-likeness (QED) is 0.397. The predicted molar refractivity (Wildman–Crippen MR) is 150 cm³/mol. The zero-order valence-electron chi connectivity index (χ0n) is 23.8. The van der Waals surface area contributed by atoms with Crippen LogP contribution in [0.2, 0.25) is 18.1 Å². The number of hydrogen-bond acceptors (Lipinski definition) is 5. The van der Waals surface area contributed by atoms with Gasteiger partial charge in [0.1, 0.15) is 6.10 Å². The fraction of sp³-hybridized carbons (Fsp3) is 0.533. The van der Waals surface area contributed by atoms with Gasteiger partial charge < -0.3 is 18.8 Å². The van der Waals surface area contributed by atoms with Crippen LogP contribution >= 0.6 is 0 Å². The van der Waals surface area contributed by atoms with Crippen LogP contribution in [0, 0.1) is 5.92 Å². The molecule has 0 N–H and O–H groups in total. The number of rotatable bonds is 8. The minimum Gasteiger partial charge on any atom is -0.410 e. The molecule has 0 radical (unpaired) electrons. The summed E-state index contributed by atoms with van der Waals surface area (Å²) in [7, 11) is -2.31. The first-order valence-electron chi connectivity index (χ1n) is 13.5. The van der Waals surface area contributed by atoms with Crippen LogP contribution < -0.4 is 0 Å². The van der Waals surface area contributed by atoms with Crippen molar-refractivity contribution in [2.75, 3.05) is 13.2 Å². The van der Waals surface area contributed by atoms with Gasteiger partial charge in [-0.25, -0.2) is 4.79 Å². The average Bonchev–Trinajstić information content (AvgIpc) is 3.22. The fourth-order valence-corrected chi connectivity index (χ4v) is 6.11. The predicted octanol–water partition coefficient (Wildman–Crippen LogP) is 5.81. The van der Waals surface area contributed by atoms with Crippen LogP contribution in [0.25, 0.3) is 0 Å². The van der Waals surface area contributed by atoms with E-state index < -0.39 is 32.2 Å². The Morgan fingerprint density at radius 2 is 1.53 bits per heavy atom. The summed E-state index contributed by atoms with van der Waals surface area (Å²) in [5.74, 6) is -1.57. The van der Waals surface area contributed by atoms with E-state index in [4.69, 9.17) is 13.9 Å². The molecule has 2 aliphatic rings. The minimum absolute atomic E-state index is 0.0682. The third-order valence-corrected chi connectivity index (χ3v) is 12.4. The van der Waals surface area contributed by atoms with E-state index in [-0.39, 0.29) is 30.1 Å². The van der Waals surface area contributed by atoms with Gasteiger partial charge in [0.05, 0.1) is 25.2 Å². The van der Waals surface area contributed by atoms with Crippen molar-refractivity contribution in [3.05, 3.63) is 71.8 Å². The second-order valence-corrected chi connectivity index (χ2v) is 17.1. The third kappa shape index (κ3) is 6.37. The second-order valence-electron chi connectivity index (χ2n) is 12.4. The number of urea groups is 1. The summed E-state index contributed by atoms with van der Waals surface area (Å²) in [5, 5.41) is -0.0682. The highest BCUT2D eigenvalue weighted by molar-refractivity contribution is 6.74. The van der Waals surface area contributed by atoms with Crippen LogP contribution in [0.3, 0.4) is 0 Å². The Balaban J connectivity index is 1.71. The molecule has 3 atom stereocenters. The molecule has 0 saturated carbocycles. The summed E-state index contributed by atoms with van der Waals surface area (Å²) in [5.41, 5.74) is 1.91. The van der Waals surface area contributed by atoms with Gasteiger partial charge in [0.15, 0.2) is 14.1 Å². The van der Waals surface area contributed by atoms with E-state index in [0.29, 0.717) is 13.2 Å². The molecule has 0 unspecified atom stereocenters. The standard InChI is InChI=1S/C30H42N2O5Si/c1-29(2,3)38(6,7)37-26(25-21-35-30(4,5)36-25)24-20-31(18-22-14-10-8-11-15-22)28(34)32(27(24)33)19-23-16-12-9-13-17-23/h8-17,24-26H,18-21H2,1-7H3/t24-,25-,26+/m1/s1. The van der Waals surface area contributed by atoms with Crippen LogP contribution in [0.5, 0.6) is 0 Å². The van der Waals surface area contributed by atoms with Gasteiger partial charge in [0.2, 0.25) is 5.91 Å². The maximum atomic E-state index is 14.2. The zero-order chi connectivity index (χ0) is 27.7. The molecule has 2 aromatic rings. The lowest BCUT2D eigenvalue weighted by atomic mass is 9.93. The molecule has 38 heavy (non-hydrogen) atoms. The molecule has 7 nitrogen and oxygen atoms in total. The highest BCUT2D eigenvalue weighted by atomic mass is 28.4. The number of hydrogen-bond donors (Lipinski definition) is 0. The lowest BCUT2D eigenvalue weighted by Crippen LogP contribution is -2.62. The maximum absolute atomic E-state index is 14.2. The van der Waals surface area contributed by atoms with Crippen molar-refractivity contribution in [1.29, 1.82) is 0 Å². The van der Waals surface area contributed by atoms with Gasteiger partial charge in [-0.15, -0.1) is 0 Å². The van der Waals surface area contributed by atoms with E-state index in [0.717, 1.165) is 11.1 Å². The molecular weight excluding hydrogens is 496 g/mol. The van der Waals surface area contributed by atoms with Crippen LogP contribution in [0.4, 0.5) is 4.79 Å². The molecule has 3 amide bonds. The monoisotopic (exact) mass is 538 g/mol. The molecule has 0 aromatic heterocycles. The Kier molecular flexibility index (Phi) is 8.19. The van der Waals surface area contributed by atoms with Crippen molar-refractivity contribution in [3.63, 3.8) is 0 Å². The van der Waals surface area contributed by atoms with Gasteiger partial charge in [-0.05, 0) is 43.1 Å². The van der Waals surface area contributed by atoms with Gasteiger partial charge in [0.25, 0.3) is 0 Å². The van der Waals surface area contributed by atoms with Crippen LogP contribution in [-0.2, 0) is 31.8 Å². The summed E-state index contributed by atoms with van der Waals surface area (Å²) in [6.45, 7) is 15.9. The van der Waals surface area contributed by atoms with E-state index in [9.17, 15) is 9.59 Å². The first kappa shape index (κ1) is 28.5. The summed E-state index contributed by atoms with van der Waals surface area (Å²) < 4.78 is 19.2. The highest BCUT2D eigenvalue weighted by Crippen LogP contribution is 2.41. The second kappa shape index (κ2) is 10.9. The summed E-state index contributed by atoms with van der Waals surface area (Å²) >= 11 is 0. The molecule has 2 heterocycles. The van der Waals surface area contributed by atoms with Crippen molar-refractivity contribution in [2.45, 2.75) is 83.8 Å². The molecule has 0 spiro atoms. The first-order valence-corrected chi connectivity index (χ1v) is 16.4. The van der Waals surface area contributed by atoms with Gasteiger partial charge >= 0.3 is 6.03 Å². The first-order chi connectivity index (χ1) is 17.8. The van der Waals surface area contributed by atoms with Gasteiger partial charge in [0, 0.05) is 13.1 Å². The summed E-state index contributed by atoms with van der Waals surface area (Å²) in [6, 6.07) is 19.2. The molecule has 8 heteroatoms. The number of ether oxygens (including phenoxy) is 2. The molecule has 4 rings (SSSR count). The van der Waals surface area contributed by atoms with Crippen molar-refractivity contribution >= 4 is 20.3 Å². The van der Waals surface area contributed by atoms with Crippen LogP contribution in [-0.4, -0.2) is 61.2 Å². The molecule has 206 valence electrons. The van der Waals surface area contributed by atoms with Crippen molar-refractivity contribution in [3.8, 4) is 0 Å². The minimum atomic E-state index is -2.31. The number of amides is 3. The highest BCUT2D eigenvalue weighted by Gasteiger charge is 2.52. The molecular formula is C30H42N2O5Si. The van der Waals surface area contributed by atoms with E-state index in [1.165, 1.54) is 4.90 Å². The zero-order valence-corrected chi connectivity index (χ0v) is 24.8. The Bertz CT molecular complexity index is 1120. The molecule has 2 aliphatic heterocycles. The maximum Gasteiger partial charge on any atom is 0.327 e. The third-order valence-electron chi connectivity index (χ3n) is 7.93. The SMILES string of the molecule is CC1(C)OC[C@H]([C@@H](O[Si](C)(C)C(C)(C)C)[C@H]2CN(Cc3ccccc3)C(=O)N(Cc3ccccc3)C2=O)O1. The van der Waals surface area contributed by atoms with E-state index >= 15 is 0 Å². The van der Waals surface area contributed by atoms with E-state index in [1.807, 2.05) is 74.5 Å². The molecule has 2 fully saturated rings. The molecule has 0 aliphatic carbocycles. The number of carbonyl (C=O) groups excluding carboxylic acids is 2. The van der Waals surface area contributed by atoms with Gasteiger partial charge in [-0.2, -0.15) is 0 Å². The molecule has 2 saturated heterocycles. The number of benzene rings is 2. The lowest BCUT2D eigenvalue weighted by molar-refractivity contribution is -0.163. The smallest absolute Gasteiger partial charge is 0.327 e. The van der Waals surface area contributed by atoms with Crippen molar-refractivity contribution in [2.24, 2.45) is 5.92 Å². The summed E-state index contributed by atoms with van der Waals surface area (Å²) in [6.07, 6.45) is -0.965. The van der Waals surface area contributed by atoms with Crippen molar-refractivity contribution in [1.82, 2.24) is 9.80 Å².